The fraction of sp³-hybridized carbons (Fsp3) is 0.786. The zero-order valence-corrected chi connectivity index (χ0v) is 11.5. The van der Waals surface area contributed by atoms with E-state index in [-0.39, 0.29) is 0 Å². The van der Waals surface area contributed by atoms with E-state index < -0.39 is 0 Å². The highest BCUT2D eigenvalue weighted by molar-refractivity contribution is 5.05. The fourth-order valence-electron chi connectivity index (χ4n) is 2.33. The average Bonchev–Trinajstić information content (AvgIpc) is 2.89. The van der Waals surface area contributed by atoms with Gasteiger partial charge in [0.15, 0.2) is 0 Å². The lowest BCUT2D eigenvalue weighted by molar-refractivity contribution is 0.338. The van der Waals surface area contributed by atoms with Crippen LogP contribution >= 0.6 is 0 Å². The first-order chi connectivity index (χ1) is 8.03. The minimum absolute atomic E-state index is 0.453. The molecule has 1 fully saturated rings. The van der Waals surface area contributed by atoms with Crippen LogP contribution in [0.25, 0.3) is 0 Å². The van der Waals surface area contributed by atoms with Crippen molar-refractivity contribution < 1.29 is 0 Å². The molecule has 3 nitrogen and oxygen atoms in total. The molecule has 0 spiro atoms. The van der Waals surface area contributed by atoms with Crippen molar-refractivity contribution in [1.82, 2.24) is 15.1 Å². The van der Waals surface area contributed by atoms with Crippen LogP contribution in [0.15, 0.2) is 12.4 Å². The van der Waals surface area contributed by atoms with Gasteiger partial charge in [-0.3, -0.25) is 4.68 Å². The Morgan fingerprint density at radius 3 is 2.53 bits per heavy atom. The van der Waals surface area contributed by atoms with E-state index in [0.717, 1.165) is 19.0 Å². The minimum atomic E-state index is 0.453. The monoisotopic (exact) mass is 235 g/mol. The molecule has 0 amide bonds. The molecule has 0 radical (unpaired) electrons. The molecule has 1 aliphatic rings. The molecule has 96 valence electrons. The smallest absolute Gasteiger partial charge is 0.0534 e. The van der Waals surface area contributed by atoms with Crippen LogP contribution in [0.2, 0.25) is 0 Å². The molecule has 1 aromatic heterocycles. The molecule has 0 aliphatic heterocycles. The first kappa shape index (κ1) is 12.6. The van der Waals surface area contributed by atoms with Crippen LogP contribution in [0.1, 0.15) is 52.1 Å². The Hall–Kier alpha value is -0.830. The Morgan fingerprint density at radius 1 is 1.35 bits per heavy atom. The van der Waals surface area contributed by atoms with Crippen molar-refractivity contribution in [1.29, 1.82) is 0 Å². The second-order valence-corrected chi connectivity index (χ2v) is 6.04. The Labute approximate surface area is 105 Å². The van der Waals surface area contributed by atoms with Crippen molar-refractivity contribution in [3.8, 4) is 0 Å². The molecular weight excluding hydrogens is 210 g/mol. The number of aromatic nitrogens is 2. The topological polar surface area (TPSA) is 29.9 Å². The largest absolute Gasteiger partial charge is 0.312 e. The van der Waals surface area contributed by atoms with Crippen LogP contribution in [-0.4, -0.2) is 16.3 Å². The predicted octanol–water partition coefficient (Wildman–Crippen LogP) is 2.99. The predicted molar refractivity (Wildman–Crippen MR) is 70.8 cm³/mol. The van der Waals surface area contributed by atoms with Crippen molar-refractivity contribution in [2.24, 2.45) is 11.3 Å². The summed E-state index contributed by atoms with van der Waals surface area (Å²) in [4.78, 5) is 0. The van der Waals surface area contributed by atoms with Gasteiger partial charge in [0.25, 0.3) is 0 Å². The lowest BCUT2D eigenvalue weighted by Gasteiger charge is -2.19. The summed E-state index contributed by atoms with van der Waals surface area (Å²) in [5.74, 6) is 0.799. The van der Waals surface area contributed by atoms with Gasteiger partial charge in [0.1, 0.15) is 0 Å². The Bertz CT molecular complexity index is 361. The van der Waals surface area contributed by atoms with E-state index in [1.807, 2.05) is 10.9 Å². The molecule has 1 aliphatic carbocycles. The van der Waals surface area contributed by atoms with E-state index in [1.165, 1.54) is 18.4 Å². The molecule has 0 atom stereocenters. The van der Waals surface area contributed by atoms with Gasteiger partial charge in [0, 0.05) is 30.9 Å². The Balaban J connectivity index is 1.78. The van der Waals surface area contributed by atoms with E-state index in [4.69, 9.17) is 0 Å². The van der Waals surface area contributed by atoms with Crippen molar-refractivity contribution in [2.45, 2.75) is 53.1 Å². The van der Waals surface area contributed by atoms with E-state index in [0.29, 0.717) is 11.5 Å². The minimum Gasteiger partial charge on any atom is -0.312 e. The molecule has 1 N–H and O–H groups in total. The molecule has 17 heavy (non-hydrogen) atoms. The number of rotatable bonds is 6. The molecule has 2 rings (SSSR count). The van der Waals surface area contributed by atoms with Gasteiger partial charge in [-0.1, -0.05) is 13.8 Å². The molecule has 1 heterocycles. The molecule has 0 unspecified atom stereocenters. The standard InChI is InChI=1S/C14H25N3/c1-11(2)14(5-6-14)10-15-7-13-8-16-17(9-13)12(3)4/h8-9,11-12,15H,5-7,10H2,1-4H3. The maximum absolute atomic E-state index is 4.36. The molecule has 3 heteroatoms. The maximum Gasteiger partial charge on any atom is 0.0534 e. The van der Waals surface area contributed by atoms with Crippen LogP contribution in [0, 0.1) is 11.3 Å². The van der Waals surface area contributed by atoms with Gasteiger partial charge in [-0.15, -0.1) is 0 Å². The summed E-state index contributed by atoms with van der Waals surface area (Å²) in [6.07, 6.45) is 6.90. The molecule has 1 aromatic rings. The molecule has 0 aromatic carbocycles. The van der Waals surface area contributed by atoms with E-state index >= 15 is 0 Å². The number of hydrogen-bond donors (Lipinski definition) is 1. The Kier molecular flexibility index (Phi) is 3.57. The summed E-state index contributed by atoms with van der Waals surface area (Å²) < 4.78 is 2.02. The third-order valence-electron chi connectivity index (χ3n) is 4.11. The Morgan fingerprint density at radius 2 is 2.06 bits per heavy atom. The lowest BCUT2D eigenvalue weighted by Crippen LogP contribution is -2.27. The summed E-state index contributed by atoms with van der Waals surface area (Å²) in [6.45, 7) is 11.1. The number of nitrogens with zero attached hydrogens (tertiary/aromatic N) is 2. The van der Waals surface area contributed by atoms with Crippen molar-refractivity contribution >= 4 is 0 Å². The van der Waals surface area contributed by atoms with Crippen LogP contribution in [0.5, 0.6) is 0 Å². The van der Waals surface area contributed by atoms with Crippen LogP contribution in [0.3, 0.4) is 0 Å². The lowest BCUT2D eigenvalue weighted by atomic mass is 9.92. The van der Waals surface area contributed by atoms with Gasteiger partial charge in [0.05, 0.1) is 6.20 Å². The van der Waals surface area contributed by atoms with Crippen LogP contribution in [0.4, 0.5) is 0 Å². The highest BCUT2D eigenvalue weighted by atomic mass is 15.3. The summed E-state index contributed by atoms with van der Waals surface area (Å²) >= 11 is 0. The van der Waals surface area contributed by atoms with E-state index in [2.05, 4.69) is 44.3 Å². The first-order valence-corrected chi connectivity index (χ1v) is 6.77. The highest BCUT2D eigenvalue weighted by Gasteiger charge is 2.44. The number of nitrogens with one attached hydrogen (secondary N) is 1. The second kappa shape index (κ2) is 4.81. The summed E-state index contributed by atoms with van der Waals surface area (Å²) in [5.41, 5.74) is 1.88. The third kappa shape index (κ3) is 2.89. The normalized spacial score (nSPS) is 18.0. The van der Waals surface area contributed by atoms with Gasteiger partial charge < -0.3 is 5.32 Å². The van der Waals surface area contributed by atoms with E-state index in [1.54, 1.807) is 0 Å². The van der Waals surface area contributed by atoms with Gasteiger partial charge in [-0.05, 0) is 38.0 Å². The molecular formula is C14H25N3. The SMILES string of the molecule is CC(C)n1cc(CNCC2(C(C)C)CC2)cn1. The maximum atomic E-state index is 4.36. The van der Waals surface area contributed by atoms with Gasteiger partial charge in [-0.2, -0.15) is 5.10 Å². The zero-order chi connectivity index (χ0) is 12.5. The van der Waals surface area contributed by atoms with Gasteiger partial charge in [0.2, 0.25) is 0 Å². The summed E-state index contributed by atoms with van der Waals surface area (Å²) in [5, 5.41) is 7.94. The fourth-order valence-corrected chi connectivity index (χ4v) is 2.33. The quantitative estimate of drug-likeness (QED) is 0.821. The van der Waals surface area contributed by atoms with Crippen LogP contribution < -0.4 is 5.32 Å². The van der Waals surface area contributed by atoms with E-state index in [9.17, 15) is 0 Å². The molecule has 1 saturated carbocycles. The van der Waals surface area contributed by atoms with Crippen molar-refractivity contribution in [2.75, 3.05) is 6.54 Å². The van der Waals surface area contributed by atoms with Gasteiger partial charge in [-0.25, -0.2) is 0 Å². The molecule has 0 saturated heterocycles. The highest BCUT2D eigenvalue weighted by Crippen LogP contribution is 2.51. The second-order valence-electron chi connectivity index (χ2n) is 6.04. The van der Waals surface area contributed by atoms with Crippen molar-refractivity contribution in [3.63, 3.8) is 0 Å². The van der Waals surface area contributed by atoms with Crippen LogP contribution in [-0.2, 0) is 6.54 Å². The first-order valence-electron chi connectivity index (χ1n) is 6.77. The van der Waals surface area contributed by atoms with Crippen molar-refractivity contribution in [3.05, 3.63) is 18.0 Å². The number of hydrogen-bond acceptors (Lipinski definition) is 2. The summed E-state index contributed by atoms with van der Waals surface area (Å²) in [6, 6.07) is 0.453. The third-order valence-corrected chi connectivity index (χ3v) is 4.11. The zero-order valence-electron chi connectivity index (χ0n) is 11.5. The van der Waals surface area contributed by atoms with Gasteiger partial charge >= 0.3 is 0 Å². The summed E-state index contributed by atoms with van der Waals surface area (Å²) in [7, 11) is 0. The molecule has 0 bridgehead atoms. The average molecular weight is 235 g/mol.